The van der Waals surface area contributed by atoms with Crippen molar-refractivity contribution in [2.45, 2.75) is 159 Å². The fourth-order valence-corrected chi connectivity index (χ4v) is 5.78. The Hall–Kier alpha value is -3.10. The van der Waals surface area contributed by atoms with Crippen LogP contribution in [0.4, 0.5) is 0 Å². The average molecular weight is 781 g/mol. The number of benzene rings is 3. The Labute approximate surface area is 343 Å². The van der Waals surface area contributed by atoms with E-state index in [1.54, 1.807) is 0 Å². The fraction of sp³-hybridized carbons (Fsp3) is 0.633. The van der Waals surface area contributed by atoms with Crippen LogP contribution in [0.25, 0.3) is 0 Å². The van der Waals surface area contributed by atoms with Gasteiger partial charge in [0.25, 0.3) is 0 Å². The van der Waals surface area contributed by atoms with Crippen LogP contribution in [0.5, 0.6) is 17.2 Å². The van der Waals surface area contributed by atoms with Gasteiger partial charge >= 0.3 is 0 Å². The van der Waals surface area contributed by atoms with Crippen LogP contribution in [-0.2, 0) is 18.9 Å². The third kappa shape index (κ3) is 19.4. The van der Waals surface area contributed by atoms with Gasteiger partial charge in [-0.15, -0.1) is 0 Å². The number of rotatable bonds is 17. The van der Waals surface area contributed by atoms with Gasteiger partial charge < -0.3 is 33.2 Å². The highest BCUT2D eigenvalue weighted by atomic mass is 16.6. The minimum atomic E-state index is 0.0628. The zero-order valence-electron chi connectivity index (χ0n) is 37.9. The van der Waals surface area contributed by atoms with E-state index in [4.69, 9.17) is 33.2 Å². The van der Waals surface area contributed by atoms with Gasteiger partial charge in [0.15, 0.2) is 0 Å². The van der Waals surface area contributed by atoms with Gasteiger partial charge in [0.2, 0.25) is 0 Å². The molecule has 7 heteroatoms. The summed E-state index contributed by atoms with van der Waals surface area (Å²) >= 11 is 0. The van der Waals surface area contributed by atoms with E-state index >= 15 is 0 Å². The second kappa shape index (κ2) is 30.0. The lowest BCUT2D eigenvalue weighted by molar-refractivity contribution is 0.281. The molecular formula is C49H80O7. The summed E-state index contributed by atoms with van der Waals surface area (Å²) in [6.45, 7) is 34.2. The van der Waals surface area contributed by atoms with Crippen molar-refractivity contribution >= 4 is 0 Å². The lowest BCUT2D eigenvalue weighted by Gasteiger charge is -2.23. The third-order valence-corrected chi connectivity index (χ3v) is 8.91. The summed E-state index contributed by atoms with van der Waals surface area (Å²) in [4.78, 5) is 0. The molecule has 0 saturated carbocycles. The van der Waals surface area contributed by atoms with Gasteiger partial charge in [-0.1, -0.05) is 119 Å². The number of hydrogen-bond donors (Lipinski definition) is 0. The maximum atomic E-state index is 6.09. The summed E-state index contributed by atoms with van der Waals surface area (Å²) in [6, 6.07) is 19.7. The third-order valence-electron chi connectivity index (χ3n) is 8.91. The first kappa shape index (κ1) is 50.9. The SMILES string of the molecule is CC.CC.CC.CC.CC.CCCC1CO1.Cc1cc(C(c2ccc(OCCC3CO3)c(C)c2)c2ccc(OCCC3CO3)c(C)c2)ccc1OCCC1CO1. The summed E-state index contributed by atoms with van der Waals surface area (Å²) < 4.78 is 39.2. The maximum Gasteiger partial charge on any atom is 0.122 e. The molecule has 4 unspecified atom stereocenters. The van der Waals surface area contributed by atoms with Gasteiger partial charge in [0, 0.05) is 25.2 Å². The second-order valence-electron chi connectivity index (χ2n) is 13.0. The molecule has 4 saturated heterocycles. The molecule has 4 heterocycles. The van der Waals surface area contributed by atoms with E-state index in [0.717, 1.165) is 79.6 Å². The quantitative estimate of drug-likeness (QED) is 0.0997. The lowest BCUT2D eigenvalue weighted by atomic mass is 9.83. The smallest absolute Gasteiger partial charge is 0.122 e. The van der Waals surface area contributed by atoms with E-state index in [9.17, 15) is 0 Å². The Morgan fingerprint density at radius 2 is 0.696 bits per heavy atom. The van der Waals surface area contributed by atoms with Gasteiger partial charge in [-0.05, 0) is 78.8 Å². The van der Waals surface area contributed by atoms with Crippen molar-refractivity contribution in [3.8, 4) is 17.2 Å². The average Bonchev–Trinajstić information content (AvgIpc) is 4.02. The summed E-state index contributed by atoms with van der Waals surface area (Å²) in [5.74, 6) is 2.86. The second-order valence-corrected chi connectivity index (χ2v) is 13.0. The first-order chi connectivity index (χ1) is 27.5. The molecule has 0 spiro atoms. The molecule has 7 rings (SSSR count). The summed E-state index contributed by atoms with van der Waals surface area (Å²) in [5, 5.41) is 0. The highest BCUT2D eigenvalue weighted by Gasteiger charge is 2.25. The van der Waals surface area contributed by atoms with Gasteiger partial charge in [-0.25, -0.2) is 0 Å². The highest BCUT2D eigenvalue weighted by Crippen LogP contribution is 2.38. The topological polar surface area (TPSA) is 77.8 Å². The summed E-state index contributed by atoms with van der Waals surface area (Å²) in [7, 11) is 0. The molecule has 318 valence electrons. The number of aryl methyl sites for hydroxylation is 3. The number of ether oxygens (including phenoxy) is 7. The van der Waals surface area contributed by atoms with E-state index in [1.165, 1.54) is 29.5 Å². The Balaban J connectivity index is 0.000000847. The highest BCUT2D eigenvalue weighted by molar-refractivity contribution is 5.51. The summed E-state index contributed by atoms with van der Waals surface area (Å²) in [6.07, 6.45) is 7.11. The van der Waals surface area contributed by atoms with Crippen molar-refractivity contribution in [2.75, 3.05) is 46.2 Å². The van der Waals surface area contributed by atoms with Crippen LogP contribution < -0.4 is 14.2 Å². The normalized spacial score (nSPS) is 19.2. The Morgan fingerprint density at radius 3 is 0.893 bits per heavy atom. The maximum absolute atomic E-state index is 6.09. The van der Waals surface area contributed by atoms with E-state index in [-0.39, 0.29) is 5.92 Å². The van der Waals surface area contributed by atoms with Crippen LogP contribution in [-0.4, -0.2) is 70.7 Å². The Kier molecular flexibility index (Phi) is 27.3. The van der Waals surface area contributed by atoms with Crippen LogP contribution in [0.1, 0.15) is 148 Å². The largest absolute Gasteiger partial charge is 0.493 e. The van der Waals surface area contributed by atoms with Gasteiger partial charge in [0.05, 0.1) is 70.7 Å². The first-order valence-electron chi connectivity index (χ1n) is 22.1. The fourth-order valence-electron chi connectivity index (χ4n) is 5.78. The zero-order valence-corrected chi connectivity index (χ0v) is 37.9. The molecule has 3 aromatic rings. The van der Waals surface area contributed by atoms with Crippen molar-refractivity contribution in [1.29, 1.82) is 0 Å². The summed E-state index contributed by atoms with van der Waals surface area (Å²) in [5.41, 5.74) is 7.10. The molecule has 7 nitrogen and oxygen atoms in total. The van der Waals surface area contributed by atoms with Crippen LogP contribution in [0.2, 0.25) is 0 Å². The van der Waals surface area contributed by atoms with Crippen molar-refractivity contribution in [1.82, 2.24) is 0 Å². The van der Waals surface area contributed by atoms with Crippen LogP contribution in [0, 0.1) is 20.8 Å². The molecule has 4 aliphatic heterocycles. The van der Waals surface area contributed by atoms with E-state index < -0.39 is 0 Å². The molecule has 0 radical (unpaired) electrons. The molecule has 0 N–H and O–H groups in total. The number of epoxide rings is 4. The monoisotopic (exact) mass is 781 g/mol. The first-order valence-corrected chi connectivity index (χ1v) is 22.1. The molecule has 0 aromatic heterocycles. The molecule has 4 aliphatic rings. The van der Waals surface area contributed by atoms with E-state index in [1.807, 2.05) is 69.2 Å². The number of hydrogen-bond acceptors (Lipinski definition) is 7. The predicted molar refractivity (Wildman–Crippen MR) is 235 cm³/mol. The predicted octanol–water partition coefficient (Wildman–Crippen LogP) is 12.6. The van der Waals surface area contributed by atoms with Crippen LogP contribution in [0.15, 0.2) is 54.6 Å². The minimum absolute atomic E-state index is 0.0628. The van der Waals surface area contributed by atoms with E-state index in [0.29, 0.717) is 44.2 Å². The van der Waals surface area contributed by atoms with E-state index in [2.05, 4.69) is 82.3 Å². The minimum Gasteiger partial charge on any atom is -0.493 e. The van der Waals surface area contributed by atoms with Gasteiger partial charge in [0.1, 0.15) is 17.2 Å². The lowest BCUT2D eigenvalue weighted by Crippen LogP contribution is -2.08. The molecular weight excluding hydrogens is 701 g/mol. The Morgan fingerprint density at radius 1 is 0.446 bits per heavy atom. The van der Waals surface area contributed by atoms with Crippen molar-refractivity contribution in [2.24, 2.45) is 0 Å². The molecule has 4 fully saturated rings. The molecule has 4 atom stereocenters. The zero-order chi connectivity index (χ0) is 41.9. The molecule has 56 heavy (non-hydrogen) atoms. The molecule has 3 aromatic carbocycles. The van der Waals surface area contributed by atoms with Gasteiger partial charge in [-0.3, -0.25) is 0 Å². The molecule has 0 bridgehead atoms. The molecule has 0 amide bonds. The standard InChI is InChI=1S/C34H40O6.C5H10O.5C2H6/c1-22-16-25(4-7-31(22)35-13-10-28-19-38-28)34(26-5-8-32(23(2)17-26)36-14-11-29-20-39-29)27-6-9-33(24(3)18-27)37-15-12-30-21-40-30;1-2-3-5-4-6-5;5*1-2/h4-9,16-18,28-30,34H,10-15,19-21H2,1-3H3;5H,2-4H2,1H3;5*1-2H3. The molecule has 0 aliphatic carbocycles. The van der Waals surface area contributed by atoms with Gasteiger partial charge in [-0.2, -0.15) is 0 Å². The van der Waals surface area contributed by atoms with Crippen molar-refractivity contribution in [3.05, 3.63) is 88.0 Å². The van der Waals surface area contributed by atoms with Crippen molar-refractivity contribution in [3.63, 3.8) is 0 Å². The Bertz CT molecular complexity index is 1260. The van der Waals surface area contributed by atoms with Crippen molar-refractivity contribution < 1.29 is 33.2 Å². The van der Waals surface area contributed by atoms with Crippen LogP contribution >= 0.6 is 0 Å². The van der Waals surface area contributed by atoms with Crippen LogP contribution in [0.3, 0.4) is 0 Å².